The number of para-hydroxylation sites is 1. The Morgan fingerprint density at radius 1 is 1.11 bits per heavy atom. The van der Waals surface area contributed by atoms with E-state index in [1.54, 1.807) is 17.9 Å². The zero-order valence-corrected chi connectivity index (χ0v) is 23.0. The van der Waals surface area contributed by atoms with Crippen LogP contribution in [0.4, 0.5) is 5.69 Å². The van der Waals surface area contributed by atoms with Gasteiger partial charge in [0.25, 0.3) is 0 Å². The molecule has 0 N–H and O–H groups in total. The SMILES string of the molecule is CCN(C(=O)[C@@H]1CCCN(S(=O)(=O)c2c(C)noc2/C=C/c2c(C)cc(C)cc2C)C1)c1ccccc1. The van der Waals surface area contributed by atoms with Crippen LogP contribution in [-0.4, -0.2) is 43.4 Å². The van der Waals surface area contributed by atoms with Gasteiger partial charge in [-0.15, -0.1) is 0 Å². The number of piperidine rings is 1. The number of anilines is 1. The standard InChI is InChI=1S/C29H35N3O4S/c1-6-32(25-12-8-7-9-13-25)29(33)24-11-10-16-31(19-24)37(34,35)28-23(5)30-36-27(28)15-14-26-21(3)17-20(2)18-22(26)4/h7-9,12-15,17-18,24H,6,10-11,16,19H2,1-5H3/b15-14+/t24-/m1/s1. The van der Waals surface area contributed by atoms with Gasteiger partial charge in [0.05, 0.1) is 5.92 Å². The number of benzene rings is 2. The molecule has 1 saturated heterocycles. The zero-order chi connectivity index (χ0) is 26.7. The minimum Gasteiger partial charge on any atom is -0.355 e. The summed E-state index contributed by atoms with van der Waals surface area (Å²) >= 11 is 0. The van der Waals surface area contributed by atoms with Crippen molar-refractivity contribution < 1.29 is 17.7 Å². The maximum Gasteiger partial charge on any atom is 0.248 e. The molecule has 4 rings (SSSR count). The molecule has 0 unspecified atom stereocenters. The lowest BCUT2D eigenvalue weighted by molar-refractivity contribution is -0.123. The van der Waals surface area contributed by atoms with E-state index in [4.69, 9.17) is 4.52 Å². The quantitative estimate of drug-likeness (QED) is 0.408. The second-order valence-electron chi connectivity index (χ2n) is 9.73. The summed E-state index contributed by atoms with van der Waals surface area (Å²) in [4.78, 5) is 15.2. The summed E-state index contributed by atoms with van der Waals surface area (Å²) in [5.74, 6) is -0.272. The maximum atomic E-state index is 13.8. The molecule has 1 amide bonds. The van der Waals surface area contributed by atoms with Crippen LogP contribution in [0.3, 0.4) is 0 Å². The normalized spacial score (nSPS) is 16.8. The van der Waals surface area contributed by atoms with Gasteiger partial charge in [0.15, 0.2) is 10.7 Å². The van der Waals surface area contributed by atoms with E-state index in [0.717, 1.165) is 22.4 Å². The van der Waals surface area contributed by atoms with Crippen molar-refractivity contribution in [1.82, 2.24) is 9.46 Å². The summed E-state index contributed by atoms with van der Waals surface area (Å²) in [6.45, 7) is 10.7. The Hall–Kier alpha value is -3.23. The van der Waals surface area contributed by atoms with E-state index in [1.165, 1.54) is 9.87 Å². The van der Waals surface area contributed by atoms with E-state index in [1.807, 2.05) is 64.1 Å². The van der Waals surface area contributed by atoms with E-state index in [-0.39, 0.29) is 23.1 Å². The van der Waals surface area contributed by atoms with Crippen molar-refractivity contribution in [2.24, 2.45) is 5.92 Å². The van der Waals surface area contributed by atoms with Crippen molar-refractivity contribution in [3.63, 3.8) is 0 Å². The average Bonchev–Trinajstić information content (AvgIpc) is 3.25. The van der Waals surface area contributed by atoms with Crippen molar-refractivity contribution in [3.8, 4) is 0 Å². The third-order valence-electron chi connectivity index (χ3n) is 6.95. The minimum absolute atomic E-state index is 0.0546. The summed E-state index contributed by atoms with van der Waals surface area (Å²) in [7, 11) is -3.92. The number of rotatable bonds is 7. The van der Waals surface area contributed by atoms with Crippen molar-refractivity contribution in [1.29, 1.82) is 0 Å². The number of carbonyl (C=O) groups excluding carboxylic acids is 1. The Balaban J connectivity index is 1.60. The van der Waals surface area contributed by atoms with E-state index < -0.39 is 15.9 Å². The van der Waals surface area contributed by atoms with Gasteiger partial charge in [-0.05, 0) is 82.4 Å². The van der Waals surface area contributed by atoms with Crippen molar-refractivity contribution in [3.05, 3.63) is 76.2 Å². The number of aryl methyl sites for hydroxylation is 4. The Morgan fingerprint density at radius 2 is 1.78 bits per heavy atom. The Morgan fingerprint density at radius 3 is 2.43 bits per heavy atom. The molecule has 0 aliphatic carbocycles. The molecular weight excluding hydrogens is 486 g/mol. The molecule has 0 bridgehead atoms. The van der Waals surface area contributed by atoms with Crippen LogP contribution in [0.25, 0.3) is 12.2 Å². The fourth-order valence-corrected chi connectivity index (χ4v) is 6.97. The van der Waals surface area contributed by atoms with Gasteiger partial charge in [-0.1, -0.05) is 47.1 Å². The largest absolute Gasteiger partial charge is 0.355 e. The molecule has 7 nitrogen and oxygen atoms in total. The number of carbonyl (C=O) groups is 1. The van der Waals surface area contributed by atoms with Crippen LogP contribution >= 0.6 is 0 Å². The first kappa shape index (κ1) is 26.8. The summed E-state index contributed by atoms with van der Waals surface area (Å²) in [6.07, 6.45) is 4.82. The fraction of sp³-hybridized carbons (Fsp3) is 0.379. The number of hydrogen-bond donors (Lipinski definition) is 0. The molecule has 2 heterocycles. The van der Waals surface area contributed by atoms with Crippen LogP contribution in [-0.2, 0) is 14.8 Å². The third-order valence-corrected chi connectivity index (χ3v) is 8.98. The molecule has 2 aromatic carbocycles. The van der Waals surface area contributed by atoms with Crippen LogP contribution in [0, 0.1) is 33.6 Å². The lowest BCUT2D eigenvalue weighted by Crippen LogP contribution is -2.47. The molecule has 1 aliphatic heterocycles. The van der Waals surface area contributed by atoms with Crippen LogP contribution in [0.2, 0.25) is 0 Å². The highest BCUT2D eigenvalue weighted by Crippen LogP contribution is 2.31. The van der Waals surface area contributed by atoms with E-state index in [0.29, 0.717) is 31.6 Å². The molecular formula is C29H35N3O4S. The molecule has 3 aromatic rings. The summed E-state index contributed by atoms with van der Waals surface area (Å²) in [6, 6.07) is 13.7. The lowest BCUT2D eigenvalue weighted by Gasteiger charge is -2.34. The molecule has 1 aromatic heterocycles. The van der Waals surface area contributed by atoms with Crippen molar-refractivity contribution in [2.75, 3.05) is 24.5 Å². The Bertz CT molecular complexity index is 1390. The smallest absolute Gasteiger partial charge is 0.248 e. The number of sulfonamides is 1. The topological polar surface area (TPSA) is 83.7 Å². The summed E-state index contributed by atoms with van der Waals surface area (Å²) in [5, 5.41) is 3.98. The highest BCUT2D eigenvalue weighted by Gasteiger charge is 2.38. The number of nitrogens with zero attached hydrogens (tertiary/aromatic N) is 3. The van der Waals surface area contributed by atoms with Crippen LogP contribution < -0.4 is 4.90 Å². The first-order valence-corrected chi connectivity index (χ1v) is 14.2. The molecule has 1 atom stereocenters. The highest BCUT2D eigenvalue weighted by molar-refractivity contribution is 7.89. The van der Waals surface area contributed by atoms with Gasteiger partial charge in [-0.2, -0.15) is 4.31 Å². The van der Waals surface area contributed by atoms with Gasteiger partial charge in [0, 0.05) is 25.3 Å². The fourth-order valence-electron chi connectivity index (χ4n) is 5.20. The van der Waals surface area contributed by atoms with Crippen LogP contribution in [0.5, 0.6) is 0 Å². The summed E-state index contributed by atoms with van der Waals surface area (Å²) in [5.41, 5.74) is 5.53. The molecule has 37 heavy (non-hydrogen) atoms. The van der Waals surface area contributed by atoms with E-state index >= 15 is 0 Å². The zero-order valence-electron chi connectivity index (χ0n) is 22.2. The second-order valence-corrected chi connectivity index (χ2v) is 11.6. The molecule has 0 saturated carbocycles. The Labute approximate surface area is 219 Å². The third kappa shape index (κ3) is 5.55. The van der Waals surface area contributed by atoms with Gasteiger partial charge in [0.2, 0.25) is 15.9 Å². The van der Waals surface area contributed by atoms with Crippen LogP contribution in [0.15, 0.2) is 51.9 Å². The molecule has 1 fully saturated rings. The average molecular weight is 522 g/mol. The second kappa shape index (κ2) is 11.0. The van der Waals surface area contributed by atoms with Crippen molar-refractivity contribution >= 4 is 33.8 Å². The minimum atomic E-state index is -3.92. The molecule has 196 valence electrons. The highest BCUT2D eigenvalue weighted by atomic mass is 32.2. The van der Waals surface area contributed by atoms with Gasteiger partial charge in [-0.3, -0.25) is 4.79 Å². The number of amides is 1. The number of hydrogen-bond acceptors (Lipinski definition) is 5. The van der Waals surface area contributed by atoms with Gasteiger partial charge in [0.1, 0.15) is 5.69 Å². The number of aromatic nitrogens is 1. The Kier molecular flexibility index (Phi) is 7.99. The first-order valence-electron chi connectivity index (χ1n) is 12.7. The monoisotopic (exact) mass is 521 g/mol. The maximum absolute atomic E-state index is 13.8. The molecule has 0 spiro atoms. The van der Waals surface area contributed by atoms with Gasteiger partial charge < -0.3 is 9.42 Å². The van der Waals surface area contributed by atoms with Crippen LogP contribution in [0.1, 0.15) is 53.5 Å². The summed E-state index contributed by atoms with van der Waals surface area (Å²) < 4.78 is 34.5. The van der Waals surface area contributed by atoms with E-state index in [2.05, 4.69) is 17.3 Å². The first-order chi connectivity index (χ1) is 17.6. The van der Waals surface area contributed by atoms with E-state index in [9.17, 15) is 13.2 Å². The molecule has 0 radical (unpaired) electrons. The predicted octanol–water partition coefficient (Wildman–Crippen LogP) is 5.53. The van der Waals surface area contributed by atoms with Crippen molar-refractivity contribution in [2.45, 2.75) is 52.4 Å². The molecule has 1 aliphatic rings. The van der Waals surface area contributed by atoms with Gasteiger partial charge >= 0.3 is 0 Å². The lowest BCUT2D eigenvalue weighted by atomic mass is 9.97. The predicted molar refractivity (Wildman–Crippen MR) is 147 cm³/mol. The van der Waals surface area contributed by atoms with Gasteiger partial charge in [-0.25, -0.2) is 8.42 Å². The molecule has 8 heteroatoms.